The molecule has 1 saturated carbocycles. The van der Waals surface area contributed by atoms with Gasteiger partial charge in [-0.1, -0.05) is 60.7 Å². The molecule has 0 aromatic heterocycles. The zero-order valence-corrected chi connectivity index (χ0v) is 20.2. The second kappa shape index (κ2) is 9.43. The zero-order chi connectivity index (χ0) is 24.6. The van der Waals surface area contributed by atoms with Crippen LogP contribution in [0.5, 0.6) is 5.75 Å². The number of ether oxygens (including phenoxy) is 1. The quantitative estimate of drug-likeness (QED) is 0.507. The fourth-order valence-corrected chi connectivity index (χ4v) is 5.05. The molecular formula is C27H27FN2O4S. The van der Waals surface area contributed by atoms with Crippen molar-refractivity contribution in [3.05, 3.63) is 101 Å². The minimum Gasteiger partial charge on any atom is -0.487 e. The van der Waals surface area contributed by atoms with Gasteiger partial charge in [0.05, 0.1) is 17.9 Å². The number of benzene rings is 3. The number of rotatable bonds is 8. The Morgan fingerprint density at radius 1 is 1.00 bits per heavy atom. The van der Waals surface area contributed by atoms with Crippen molar-refractivity contribution in [2.75, 3.05) is 19.3 Å². The van der Waals surface area contributed by atoms with Crippen LogP contribution in [-0.2, 0) is 10.0 Å². The zero-order valence-electron chi connectivity index (χ0n) is 19.4. The number of amides is 1. The molecule has 0 radical (unpaired) electrons. The number of halogens is 1. The highest BCUT2D eigenvalue weighted by Crippen LogP contribution is 2.46. The molecule has 6 nitrogen and oxygen atoms in total. The molecule has 1 heterocycles. The number of hydrogen-bond donors (Lipinski definition) is 1. The molecular weight excluding hydrogens is 467 g/mol. The molecule has 2 fully saturated rings. The van der Waals surface area contributed by atoms with E-state index in [1.165, 1.54) is 23.3 Å². The van der Waals surface area contributed by atoms with Gasteiger partial charge in [0.2, 0.25) is 10.0 Å². The summed E-state index contributed by atoms with van der Waals surface area (Å²) < 4.78 is 45.7. The van der Waals surface area contributed by atoms with Gasteiger partial charge in [-0.2, -0.15) is 0 Å². The van der Waals surface area contributed by atoms with Gasteiger partial charge >= 0.3 is 0 Å². The first kappa shape index (κ1) is 23.5. The highest BCUT2D eigenvalue weighted by molar-refractivity contribution is 7.89. The smallest absolute Gasteiger partial charge is 0.267 e. The first-order chi connectivity index (χ1) is 16.8. The third-order valence-electron chi connectivity index (χ3n) is 6.41. The van der Waals surface area contributed by atoms with E-state index in [-0.39, 0.29) is 23.6 Å². The van der Waals surface area contributed by atoms with Crippen LogP contribution in [0.3, 0.4) is 0 Å². The third kappa shape index (κ3) is 5.39. The van der Waals surface area contributed by atoms with Gasteiger partial charge in [0.15, 0.2) is 0 Å². The van der Waals surface area contributed by atoms with Crippen LogP contribution in [0.15, 0.2) is 72.8 Å². The molecule has 182 valence electrons. The average molecular weight is 495 g/mol. The first-order valence-electron chi connectivity index (χ1n) is 11.6. The van der Waals surface area contributed by atoms with Gasteiger partial charge in [0.25, 0.3) is 5.91 Å². The molecule has 0 spiro atoms. The Kier molecular flexibility index (Phi) is 6.34. The van der Waals surface area contributed by atoms with E-state index in [1.807, 2.05) is 41.1 Å². The predicted octanol–water partition coefficient (Wildman–Crippen LogP) is 4.25. The van der Waals surface area contributed by atoms with Crippen molar-refractivity contribution in [2.24, 2.45) is 0 Å². The predicted molar refractivity (Wildman–Crippen MR) is 131 cm³/mol. The van der Waals surface area contributed by atoms with Crippen LogP contribution in [-0.4, -0.2) is 44.7 Å². The van der Waals surface area contributed by atoms with Gasteiger partial charge in [-0.15, -0.1) is 0 Å². The number of sulfonamides is 1. The van der Waals surface area contributed by atoms with E-state index in [2.05, 4.69) is 29.2 Å². The fraction of sp³-hybridized carbons (Fsp3) is 0.296. The Morgan fingerprint density at radius 3 is 2.09 bits per heavy atom. The third-order valence-corrected chi connectivity index (χ3v) is 6.96. The number of hydrogen-bond acceptors (Lipinski definition) is 5. The van der Waals surface area contributed by atoms with Crippen LogP contribution in [0, 0.1) is 5.82 Å². The minimum atomic E-state index is -3.79. The summed E-state index contributed by atoms with van der Waals surface area (Å²) in [5, 5.41) is 0. The highest BCUT2D eigenvalue weighted by atomic mass is 32.2. The Morgan fingerprint density at radius 2 is 1.57 bits per heavy atom. The monoisotopic (exact) mass is 494 g/mol. The van der Waals surface area contributed by atoms with Crippen LogP contribution in [0.2, 0.25) is 0 Å². The van der Waals surface area contributed by atoms with E-state index in [1.54, 1.807) is 0 Å². The Bertz CT molecular complexity index is 1280. The molecule has 3 aromatic carbocycles. The molecule has 0 atom stereocenters. The summed E-state index contributed by atoms with van der Waals surface area (Å²) in [6, 6.07) is 23.4. The van der Waals surface area contributed by atoms with Crippen molar-refractivity contribution in [3.63, 3.8) is 0 Å². The molecule has 35 heavy (non-hydrogen) atoms. The highest BCUT2D eigenvalue weighted by Gasteiger charge is 2.37. The van der Waals surface area contributed by atoms with E-state index in [9.17, 15) is 17.6 Å². The Balaban J connectivity index is 1.34. The molecule has 1 aliphatic carbocycles. The maximum atomic E-state index is 14.8. The summed E-state index contributed by atoms with van der Waals surface area (Å²) in [6.45, 7) is 1.35. The second-order valence-corrected chi connectivity index (χ2v) is 11.0. The van der Waals surface area contributed by atoms with Crippen LogP contribution in [0.25, 0.3) is 0 Å². The molecule has 1 aliphatic heterocycles. The summed E-state index contributed by atoms with van der Waals surface area (Å²) in [4.78, 5) is 14.6. The Hall–Kier alpha value is -3.23. The molecule has 1 saturated heterocycles. The molecule has 2 aliphatic rings. The largest absolute Gasteiger partial charge is 0.487 e. The molecule has 1 N–H and O–H groups in total. The first-order valence-corrected chi connectivity index (χ1v) is 13.5. The molecule has 5 rings (SSSR count). The van der Waals surface area contributed by atoms with Crippen molar-refractivity contribution < 1.29 is 22.3 Å². The lowest BCUT2D eigenvalue weighted by Crippen LogP contribution is -2.55. The Labute approximate surface area is 204 Å². The number of carbonyl (C=O) groups is 1. The van der Waals surface area contributed by atoms with Gasteiger partial charge < -0.3 is 4.74 Å². The minimum absolute atomic E-state index is 0.0963. The van der Waals surface area contributed by atoms with Crippen molar-refractivity contribution in [2.45, 2.75) is 30.9 Å². The summed E-state index contributed by atoms with van der Waals surface area (Å²) >= 11 is 0. The van der Waals surface area contributed by atoms with E-state index in [0.717, 1.165) is 24.7 Å². The van der Waals surface area contributed by atoms with E-state index in [0.29, 0.717) is 18.8 Å². The molecule has 1 amide bonds. The van der Waals surface area contributed by atoms with Crippen molar-refractivity contribution in [1.82, 2.24) is 9.62 Å². The molecule has 0 unspecified atom stereocenters. The summed E-state index contributed by atoms with van der Waals surface area (Å²) in [5.74, 6) is -1.15. The molecule has 8 heteroatoms. The van der Waals surface area contributed by atoms with Gasteiger partial charge in [-0.05, 0) is 41.5 Å². The number of likely N-dealkylation sites (tertiary alicyclic amines) is 1. The molecule has 0 bridgehead atoms. The SMILES string of the molecule is CS(=O)(=O)NC(=O)c1cc(C2CC2)c(OC2CN(C(c3ccccc3)c3ccccc3)C2)cc1F. The number of nitrogens with zero attached hydrogens (tertiary/aromatic N) is 1. The lowest BCUT2D eigenvalue weighted by Gasteiger charge is -2.44. The van der Waals surface area contributed by atoms with Gasteiger partial charge in [-0.25, -0.2) is 17.5 Å². The lowest BCUT2D eigenvalue weighted by atomic mass is 9.94. The van der Waals surface area contributed by atoms with Crippen LogP contribution >= 0.6 is 0 Å². The van der Waals surface area contributed by atoms with E-state index < -0.39 is 21.7 Å². The lowest BCUT2D eigenvalue weighted by molar-refractivity contribution is -0.000361. The normalized spacial score (nSPS) is 16.7. The van der Waals surface area contributed by atoms with Crippen LogP contribution in [0.4, 0.5) is 4.39 Å². The van der Waals surface area contributed by atoms with E-state index >= 15 is 0 Å². The second-order valence-electron chi connectivity index (χ2n) is 9.27. The van der Waals surface area contributed by atoms with E-state index in [4.69, 9.17) is 4.74 Å². The van der Waals surface area contributed by atoms with Gasteiger partial charge in [-0.3, -0.25) is 9.69 Å². The average Bonchev–Trinajstić information content (AvgIpc) is 3.63. The van der Waals surface area contributed by atoms with Gasteiger partial charge in [0.1, 0.15) is 17.7 Å². The molecule has 3 aromatic rings. The fourth-order valence-electron chi connectivity index (χ4n) is 4.60. The van der Waals surface area contributed by atoms with Crippen LogP contribution < -0.4 is 9.46 Å². The van der Waals surface area contributed by atoms with Gasteiger partial charge in [0, 0.05) is 19.2 Å². The summed E-state index contributed by atoms with van der Waals surface area (Å²) in [5.41, 5.74) is 2.87. The number of carbonyl (C=O) groups excluding carboxylic acids is 1. The van der Waals surface area contributed by atoms with Crippen LogP contribution in [0.1, 0.15) is 51.8 Å². The summed E-state index contributed by atoms with van der Waals surface area (Å²) in [6.07, 6.45) is 2.60. The standard InChI is InChI=1S/C27H27FN2O4S/c1-35(32,33)29-27(31)23-14-22(18-12-13-18)25(15-24(23)28)34-21-16-30(17-21)26(19-8-4-2-5-9-19)20-10-6-3-7-11-20/h2-11,14-15,18,21,26H,12-13,16-17H2,1H3,(H,29,31). The maximum absolute atomic E-state index is 14.8. The van der Waals surface area contributed by atoms with Crippen molar-refractivity contribution in [3.8, 4) is 5.75 Å². The van der Waals surface area contributed by atoms with Crippen molar-refractivity contribution in [1.29, 1.82) is 0 Å². The van der Waals surface area contributed by atoms with Crippen molar-refractivity contribution >= 4 is 15.9 Å². The summed E-state index contributed by atoms with van der Waals surface area (Å²) in [7, 11) is -3.79. The topological polar surface area (TPSA) is 75.7 Å². The maximum Gasteiger partial charge on any atom is 0.267 e. The number of nitrogens with one attached hydrogen (secondary N) is 1.